The molecule has 2 rings (SSSR count). The van der Waals surface area contributed by atoms with Gasteiger partial charge in [0.05, 0.1) is 22.5 Å². The number of rotatable bonds is 5. The summed E-state index contributed by atoms with van der Waals surface area (Å²) in [6.45, 7) is 6.36. The van der Waals surface area contributed by atoms with Crippen molar-refractivity contribution >= 4 is 34.7 Å². The van der Waals surface area contributed by atoms with Crippen molar-refractivity contribution in [1.29, 1.82) is 0 Å². The van der Waals surface area contributed by atoms with E-state index in [1.165, 1.54) is 11.8 Å². The number of urea groups is 1. The summed E-state index contributed by atoms with van der Waals surface area (Å²) >= 11 is 1.27. The van der Waals surface area contributed by atoms with Gasteiger partial charge in [0.15, 0.2) is 0 Å². The van der Waals surface area contributed by atoms with Gasteiger partial charge in [0.25, 0.3) is 0 Å². The lowest BCUT2D eigenvalue weighted by molar-refractivity contribution is -0.117. The van der Waals surface area contributed by atoms with E-state index in [9.17, 15) is 9.59 Å². The number of aromatic nitrogens is 2. The van der Waals surface area contributed by atoms with Gasteiger partial charge < -0.3 is 5.32 Å². The van der Waals surface area contributed by atoms with E-state index >= 15 is 0 Å². The van der Waals surface area contributed by atoms with Crippen LogP contribution in [0.5, 0.6) is 0 Å². The first-order valence-electron chi connectivity index (χ1n) is 7.39. The van der Waals surface area contributed by atoms with Crippen molar-refractivity contribution in [2.45, 2.75) is 25.8 Å². The SMILES string of the molecule is Cc1nc2ccccc2nc1SCC(=O)NC(=O)NCC(C)C. The molecule has 1 aromatic heterocycles. The normalized spacial score (nSPS) is 10.8. The van der Waals surface area contributed by atoms with Crippen molar-refractivity contribution < 1.29 is 9.59 Å². The second-order valence-corrected chi connectivity index (χ2v) is 6.51. The van der Waals surface area contributed by atoms with Gasteiger partial charge in [-0.1, -0.05) is 37.7 Å². The monoisotopic (exact) mass is 332 g/mol. The third-order valence-electron chi connectivity index (χ3n) is 2.97. The van der Waals surface area contributed by atoms with E-state index in [0.717, 1.165) is 16.7 Å². The summed E-state index contributed by atoms with van der Waals surface area (Å²) in [4.78, 5) is 32.3. The van der Waals surface area contributed by atoms with Crippen molar-refractivity contribution in [3.63, 3.8) is 0 Å². The van der Waals surface area contributed by atoms with Crippen molar-refractivity contribution in [2.75, 3.05) is 12.3 Å². The summed E-state index contributed by atoms with van der Waals surface area (Å²) in [7, 11) is 0. The fraction of sp³-hybridized carbons (Fsp3) is 0.375. The molecule has 7 heteroatoms. The van der Waals surface area contributed by atoms with E-state index in [0.29, 0.717) is 17.5 Å². The molecule has 0 spiro atoms. The molecule has 0 aliphatic carbocycles. The lowest BCUT2D eigenvalue weighted by Gasteiger charge is -2.09. The summed E-state index contributed by atoms with van der Waals surface area (Å²) < 4.78 is 0. The van der Waals surface area contributed by atoms with Gasteiger partial charge in [-0.2, -0.15) is 0 Å². The van der Waals surface area contributed by atoms with Crippen LogP contribution in [0.3, 0.4) is 0 Å². The zero-order valence-electron chi connectivity index (χ0n) is 13.4. The maximum absolute atomic E-state index is 11.8. The maximum atomic E-state index is 11.8. The summed E-state index contributed by atoms with van der Waals surface area (Å²) in [5.41, 5.74) is 2.38. The van der Waals surface area contributed by atoms with Gasteiger partial charge in [-0.25, -0.2) is 14.8 Å². The van der Waals surface area contributed by atoms with Gasteiger partial charge in [-0.15, -0.1) is 0 Å². The van der Waals surface area contributed by atoms with E-state index in [-0.39, 0.29) is 11.7 Å². The molecular weight excluding hydrogens is 312 g/mol. The van der Waals surface area contributed by atoms with Crippen LogP contribution in [0, 0.1) is 12.8 Å². The quantitative estimate of drug-likeness (QED) is 0.822. The number of fused-ring (bicyclic) bond motifs is 1. The molecule has 0 unspecified atom stereocenters. The summed E-state index contributed by atoms with van der Waals surface area (Å²) in [5.74, 6) is 0.0922. The highest BCUT2D eigenvalue weighted by molar-refractivity contribution is 7.99. The first-order chi connectivity index (χ1) is 11.0. The first-order valence-corrected chi connectivity index (χ1v) is 8.38. The Morgan fingerprint density at radius 3 is 2.48 bits per heavy atom. The van der Waals surface area contributed by atoms with Crippen LogP contribution < -0.4 is 10.6 Å². The summed E-state index contributed by atoms with van der Waals surface area (Å²) in [6.07, 6.45) is 0. The number of thioether (sulfide) groups is 1. The van der Waals surface area contributed by atoms with Crippen LogP contribution in [-0.4, -0.2) is 34.2 Å². The molecule has 23 heavy (non-hydrogen) atoms. The van der Waals surface area contributed by atoms with E-state index in [1.807, 2.05) is 45.0 Å². The number of imide groups is 1. The Labute approximate surface area is 139 Å². The highest BCUT2D eigenvalue weighted by Gasteiger charge is 2.11. The number of carbonyl (C=O) groups excluding carboxylic acids is 2. The third-order valence-corrected chi connectivity index (χ3v) is 4.03. The van der Waals surface area contributed by atoms with Crippen molar-refractivity contribution in [1.82, 2.24) is 20.6 Å². The second kappa shape index (κ2) is 7.92. The number of benzene rings is 1. The molecule has 122 valence electrons. The minimum atomic E-state index is -0.467. The van der Waals surface area contributed by atoms with Crippen molar-refractivity contribution in [2.24, 2.45) is 5.92 Å². The molecule has 0 saturated heterocycles. The van der Waals surface area contributed by atoms with E-state index < -0.39 is 6.03 Å². The minimum absolute atomic E-state index is 0.114. The fourth-order valence-corrected chi connectivity index (χ4v) is 2.60. The topological polar surface area (TPSA) is 84.0 Å². The second-order valence-electron chi connectivity index (χ2n) is 5.54. The number of aryl methyl sites for hydroxylation is 1. The predicted octanol–water partition coefficient (Wildman–Crippen LogP) is 2.51. The Kier molecular flexibility index (Phi) is 5.92. The van der Waals surface area contributed by atoms with Gasteiger partial charge >= 0.3 is 6.03 Å². The number of nitrogens with one attached hydrogen (secondary N) is 2. The number of nitrogens with zero attached hydrogens (tertiary/aromatic N) is 2. The molecule has 2 aromatic rings. The smallest absolute Gasteiger partial charge is 0.321 e. The maximum Gasteiger partial charge on any atom is 0.321 e. The summed E-state index contributed by atoms with van der Waals surface area (Å²) in [6, 6.07) is 7.12. The zero-order chi connectivity index (χ0) is 16.8. The van der Waals surface area contributed by atoms with Gasteiger partial charge in [0.2, 0.25) is 5.91 Å². The van der Waals surface area contributed by atoms with E-state index in [4.69, 9.17) is 0 Å². The standard InChI is InChI=1S/C16H20N4O2S/c1-10(2)8-17-16(22)20-14(21)9-23-15-11(3)18-12-6-4-5-7-13(12)19-15/h4-7,10H,8-9H2,1-3H3,(H2,17,20,21,22). The molecule has 0 aliphatic rings. The van der Waals surface area contributed by atoms with Crippen LogP contribution >= 0.6 is 11.8 Å². The molecular formula is C16H20N4O2S. The molecule has 6 nitrogen and oxygen atoms in total. The highest BCUT2D eigenvalue weighted by Crippen LogP contribution is 2.21. The molecule has 0 bridgehead atoms. The van der Waals surface area contributed by atoms with Gasteiger partial charge in [0.1, 0.15) is 5.03 Å². The number of para-hydroxylation sites is 2. The largest absolute Gasteiger partial charge is 0.338 e. The number of hydrogen-bond acceptors (Lipinski definition) is 5. The van der Waals surface area contributed by atoms with Crippen LogP contribution in [-0.2, 0) is 4.79 Å². The highest BCUT2D eigenvalue weighted by atomic mass is 32.2. The molecule has 0 atom stereocenters. The molecule has 0 aliphatic heterocycles. The third kappa shape index (κ3) is 5.21. The zero-order valence-corrected chi connectivity index (χ0v) is 14.2. The van der Waals surface area contributed by atoms with Crippen LogP contribution in [0.25, 0.3) is 11.0 Å². The van der Waals surface area contributed by atoms with Crippen LogP contribution in [0.1, 0.15) is 19.5 Å². The molecule has 0 saturated carbocycles. The van der Waals surface area contributed by atoms with Crippen LogP contribution in [0.15, 0.2) is 29.3 Å². The van der Waals surface area contributed by atoms with Crippen LogP contribution in [0.4, 0.5) is 4.79 Å². The molecule has 0 fully saturated rings. The summed E-state index contributed by atoms with van der Waals surface area (Å²) in [5, 5.41) is 5.64. The van der Waals surface area contributed by atoms with Gasteiger partial charge in [-0.3, -0.25) is 10.1 Å². The van der Waals surface area contributed by atoms with Gasteiger partial charge in [-0.05, 0) is 25.0 Å². The van der Waals surface area contributed by atoms with Gasteiger partial charge in [0, 0.05) is 6.54 Å². The predicted molar refractivity (Wildman–Crippen MR) is 91.4 cm³/mol. The fourth-order valence-electron chi connectivity index (χ4n) is 1.85. The molecule has 3 amide bonds. The Bertz CT molecular complexity index is 718. The number of hydrogen-bond donors (Lipinski definition) is 2. The molecule has 1 heterocycles. The average Bonchev–Trinajstić information content (AvgIpc) is 2.51. The Morgan fingerprint density at radius 2 is 1.83 bits per heavy atom. The minimum Gasteiger partial charge on any atom is -0.338 e. The first kappa shape index (κ1) is 17.2. The van der Waals surface area contributed by atoms with Crippen LogP contribution in [0.2, 0.25) is 0 Å². The Morgan fingerprint density at radius 1 is 1.17 bits per heavy atom. The lowest BCUT2D eigenvalue weighted by atomic mass is 10.2. The van der Waals surface area contributed by atoms with Crippen molar-refractivity contribution in [3.8, 4) is 0 Å². The van der Waals surface area contributed by atoms with E-state index in [2.05, 4.69) is 20.6 Å². The Balaban J connectivity index is 1.91. The molecule has 1 aromatic carbocycles. The number of carbonyl (C=O) groups is 2. The van der Waals surface area contributed by atoms with Crippen molar-refractivity contribution in [3.05, 3.63) is 30.0 Å². The number of amides is 3. The Hall–Kier alpha value is -2.15. The molecule has 0 radical (unpaired) electrons. The molecule has 2 N–H and O–H groups in total. The average molecular weight is 332 g/mol. The lowest BCUT2D eigenvalue weighted by Crippen LogP contribution is -2.41. The van der Waals surface area contributed by atoms with E-state index in [1.54, 1.807) is 0 Å².